The van der Waals surface area contributed by atoms with Crippen molar-refractivity contribution in [3.05, 3.63) is 0 Å². The molecule has 1 unspecified atom stereocenters. The van der Waals surface area contributed by atoms with Crippen LogP contribution in [-0.2, 0) is 0 Å². The van der Waals surface area contributed by atoms with E-state index in [0.717, 1.165) is 19.3 Å². The third-order valence-electron chi connectivity index (χ3n) is 1.68. The molecule has 0 aromatic heterocycles. The second kappa shape index (κ2) is 3.10. The van der Waals surface area contributed by atoms with Gasteiger partial charge >= 0.3 is 6.09 Å². The van der Waals surface area contributed by atoms with Crippen LogP contribution in [0.2, 0.25) is 0 Å². The van der Waals surface area contributed by atoms with Crippen LogP contribution >= 0.6 is 11.6 Å². The lowest BCUT2D eigenvalue weighted by Gasteiger charge is -2.28. The van der Waals surface area contributed by atoms with E-state index >= 15 is 0 Å². The largest absolute Gasteiger partial charge is 0.465 e. The Morgan fingerprint density at radius 1 is 1.60 bits per heavy atom. The summed E-state index contributed by atoms with van der Waals surface area (Å²) in [6.45, 7) is 0.587. The van der Waals surface area contributed by atoms with Crippen LogP contribution < -0.4 is 0 Å². The lowest BCUT2D eigenvalue weighted by atomic mass is 10.1. The third-order valence-corrected chi connectivity index (χ3v) is 2.13. The molecule has 1 rings (SSSR count). The smallest absolute Gasteiger partial charge is 0.408 e. The van der Waals surface area contributed by atoms with Gasteiger partial charge in [-0.05, 0) is 19.3 Å². The molecule has 0 aromatic carbocycles. The average Bonchev–Trinajstić information content (AvgIpc) is 1.88. The number of rotatable bonds is 0. The molecule has 1 N–H and O–H groups in total. The number of hydrogen-bond donors (Lipinski definition) is 1. The third kappa shape index (κ3) is 1.53. The lowest BCUT2D eigenvalue weighted by molar-refractivity contribution is 0.127. The molecular weight excluding hydrogens is 154 g/mol. The summed E-state index contributed by atoms with van der Waals surface area (Å²) in [5.74, 6) is 0. The Kier molecular flexibility index (Phi) is 2.38. The van der Waals surface area contributed by atoms with Gasteiger partial charge < -0.3 is 5.11 Å². The number of halogens is 1. The minimum atomic E-state index is -0.903. The minimum absolute atomic E-state index is 0.300. The molecule has 1 aliphatic rings. The van der Waals surface area contributed by atoms with Crippen molar-refractivity contribution in [2.24, 2.45) is 0 Å². The topological polar surface area (TPSA) is 40.5 Å². The maximum atomic E-state index is 10.4. The van der Waals surface area contributed by atoms with Crippen LogP contribution in [0.25, 0.3) is 0 Å². The van der Waals surface area contributed by atoms with Gasteiger partial charge in [-0.25, -0.2) is 4.79 Å². The second-order valence-corrected chi connectivity index (χ2v) is 2.91. The number of carboxylic acid groups (broad SMARTS) is 1. The van der Waals surface area contributed by atoms with Crippen LogP contribution in [0.1, 0.15) is 19.3 Å². The molecule has 1 saturated heterocycles. The van der Waals surface area contributed by atoms with Crippen molar-refractivity contribution < 1.29 is 9.90 Å². The van der Waals surface area contributed by atoms with E-state index in [2.05, 4.69) is 0 Å². The standard InChI is InChI=1S/C6H10ClNO2/c7-5-3-1-2-4-8(5)6(9)10/h5H,1-4H2,(H,9,10). The highest BCUT2D eigenvalue weighted by Gasteiger charge is 2.23. The molecule has 0 spiro atoms. The summed E-state index contributed by atoms with van der Waals surface area (Å²) in [5, 5.41) is 8.55. The Labute approximate surface area is 64.6 Å². The molecule has 4 heteroatoms. The van der Waals surface area contributed by atoms with Gasteiger partial charge in [0.25, 0.3) is 0 Å². The molecule has 1 atom stereocenters. The predicted octanol–water partition coefficient (Wildman–Crippen LogP) is 1.72. The molecule has 1 aliphatic heterocycles. The van der Waals surface area contributed by atoms with Gasteiger partial charge in [0.1, 0.15) is 5.50 Å². The number of nitrogens with zero attached hydrogens (tertiary/aromatic N) is 1. The molecule has 1 amide bonds. The van der Waals surface area contributed by atoms with Gasteiger partial charge in [-0.1, -0.05) is 11.6 Å². The fourth-order valence-corrected chi connectivity index (χ4v) is 1.44. The predicted molar refractivity (Wildman–Crippen MR) is 38.2 cm³/mol. The van der Waals surface area contributed by atoms with Gasteiger partial charge in [-0.15, -0.1) is 0 Å². The Hall–Kier alpha value is -0.440. The van der Waals surface area contributed by atoms with Crippen LogP contribution in [0.15, 0.2) is 0 Å². The number of alkyl halides is 1. The first-order valence-electron chi connectivity index (χ1n) is 3.35. The van der Waals surface area contributed by atoms with Gasteiger partial charge in [-0.3, -0.25) is 4.90 Å². The summed E-state index contributed by atoms with van der Waals surface area (Å²) in [7, 11) is 0. The fourth-order valence-electron chi connectivity index (χ4n) is 1.11. The van der Waals surface area contributed by atoms with Gasteiger partial charge in [0.15, 0.2) is 0 Å². The Morgan fingerprint density at radius 3 is 2.70 bits per heavy atom. The zero-order chi connectivity index (χ0) is 7.56. The molecule has 1 heterocycles. The molecule has 0 bridgehead atoms. The zero-order valence-electron chi connectivity index (χ0n) is 5.59. The molecule has 58 valence electrons. The van der Waals surface area contributed by atoms with Crippen molar-refractivity contribution in [3.63, 3.8) is 0 Å². The summed E-state index contributed by atoms with van der Waals surface area (Å²) in [4.78, 5) is 11.7. The van der Waals surface area contributed by atoms with Crippen LogP contribution in [0.4, 0.5) is 4.79 Å². The van der Waals surface area contributed by atoms with E-state index < -0.39 is 6.09 Å². The first-order chi connectivity index (χ1) is 4.72. The molecule has 0 aromatic rings. The van der Waals surface area contributed by atoms with Gasteiger partial charge in [0.2, 0.25) is 0 Å². The van der Waals surface area contributed by atoms with Crippen molar-refractivity contribution in [1.82, 2.24) is 4.90 Å². The van der Waals surface area contributed by atoms with Crippen LogP contribution in [-0.4, -0.2) is 28.1 Å². The summed E-state index contributed by atoms with van der Waals surface area (Å²) < 4.78 is 0. The summed E-state index contributed by atoms with van der Waals surface area (Å²) >= 11 is 5.72. The van der Waals surface area contributed by atoms with E-state index in [9.17, 15) is 4.79 Å². The Balaban J connectivity index is 2.47. The molecule has 10 heavy (non-hydrogen) atoms. The van der Waals surface area contributed by atoms with Crippen molar-refractivity contribution in [1.29, 1.82) is 0 Å². The number of piperidine rings is 1. The van der Waals surface area contributed by atoms with Gasteiger partial charge in [0.05, 0.1) is 0 Å². The average molecular weight is 164 g/mol. The van der Waals surface area contributed by atoms with Crippen molar-refractivity contribution in [2.45, 2.75) is 24.8 Å². The van der Waals surface area contributed by atoms with Crippen molar-refractivity contribution in [3.8, 4) is 0 Å². The van der Waals surface area contributed by atoms with Crippen LogP contribution in [0.3, 0.4) is 0 Å². The van der Waals surface area contributed by atoms with Crippen molar-refractivity contribution >= 4 is 17.7 Å². The highest BCUT2D eigenvalue weighted by atomic mass is 35.5. The maximum Gasteiger partial charge on any atom is 0.408 e. The lowest BCUT2D eigenvalue weighted by Crippen LogP contribution is -2.39. The monoisotopic (exact) mass is 163 g/mol. The number of likely N-dealkylation sites (tertiary alicyclic amines) is 1. The number of hydrogen-bond acceptors (Lipinski definition) is 1. The van der Waals surface area contributed by atoms with E-state index in [-0.39, 0.29) is 5.50 Å². The molecule has 0 saturated carbocycles. The molecular formula is C6H10ClNO2. The van der Waals surface area contributed by atoms with Gasteiger partial charge in [0, 0.05) is 6.54 Å². The molecule has 1 fully saturated rings. The SMILES string of the molecule is O=C(O)N1CCCCC1Cl. The van der Waals surface area contributed by atoms with E-state index in [1.54, 1.807) is 0 Å². The number of amides is 1. The highest BCUT2D eigenvalue weighted by molar-refractivity contribution is 6.21. The summed E-state index contributed by atoms with van der Waals surface area (Å²) in [6, 6.07) is 0. The van der Waals surface area contributed by atoms with Crippen LogP contribution in [0.5, 0.6) is 0 Å². The molecule has 0 aliphatic carbocycles. The summed E-state index contributed by atoms with van der Waals surface area (Å²) in [6.07, 6.45) is 1.86. The van der Waals surface area contributed by atoms with E-state index in [0.29, 0.717) is 6.54 Å². The first kappa shape index (κ1) is 7.66. The first-order valence-corrected chi connectivity index (χ1v) is 3.79. The Bertz CT molecular complexity index is 140. The zero-order valence-corrected chi connectivity index (χ0v) is 6.34. The van der Waals surface area contributed by atoms with Crippen LogP contribution in [0, 0.1) is 0 Å². The highest BCUT2D eigenvalue weighted by Crippen LogP contribution is 2.19. The Morgan fingerprint density at radius 2 is 2.30 bits per heavy atom. The number of carbonyl (C=O) groups is 1. The molecule has 0 radical (unpaired) electrons. The van der Waals surface area contributed by atoms with Gasteiger partial charge in [-0.2, -0.15) is 0 Å². The van der Waals surface area contributed by atoms with E-state index in [1.165, 1.54) is 4.90 Å². The second-order valence-electron chi connectivity index (χ2n) is 2.41. The van der Waals surface area contributed by atoms with Crippen molar-refractivity contribution in [2.75, 3.05) is 6.54 Å². The quantitative estimate of drug-likeness (QED) is 0.436. The fraction of sp³-hybridized carbons (Fsp3) is 0.833. The summed E-state index contributed by atoms with van der Waals surface area (Å²) in [5.41, 5.74) is -0.300. The van der Waals surface area contributed by atoms with E-state index in [4.69, 9.17) is 16.7 Å². The maximum absolute atomic E-state index is 10.4. The van der Waals surface area contributed by atoms with E-state index in [1.807, 2.05) is 0 Å². The molecule has 3 nitrogen and oxygen atoms in total. The minimum Gasteiger partial charge on any atom is -0.465 e. The normalized spacial score (nSPS) is 26.5.